The van der Waals surface area contributed by atoms with Gasteiger partial charge >= 0.3 is 0 Å². The number of hydrogen-bond acceptors (Lipinski definition) is 8. The molecule has 3 aliphatic heterocycles. The molecule has 2 aromatic carbocycles. The first-order valence-electron chi connectivity index (χ1n) is 17.5. The predicted octanol–water partition coefficient (Wildman–Crippen LogP) is 8.54. The minimum Gasteiger partial charge on any atom is -0.392 e. The third kappa shape index (κ3) is 7.85. The van der Waals surface area contributed by atoms with E-state index in [1.807, 2.05) is 48.5 Å². The van der Waals surface area contributed by atoms with Crippen LogP contribution in [-0.2, 0) is 39.5 Å². The minimum absolute atomic E-state index is 0.0318. The van der Waals surface area contributed by atoms with Crippen molar-refractivity contribution < 1.29 is 32.8 Å². The van der Waals surface area contributed by atoms with Crippen LogP contribution in [0.5, 0.6) is 0 Å². The van der Waals surface area contributed by atoms with Crippen LogP contribution in [0.25, 0.3) is 10.4 Å². The van der Waals surface area contributed by atoms with Gasteiger partial charge in [0.2, 0.25) is 0 Å². The Morgan fingerprint density at radius 2 is 1.60 bits per heavy atom. The van der Waals surface area contributed by atoms with Crippen LogP contribution in [0.15, 0.2) is 65.8 Å². The van der Waals surface area contributed by atoms with Crippen molar-refractivity contribution in [2.75, 3.05) is 6.61 Å². The van der Waals surface area contributed by atoms with Crippen molar-refractivity contribution in [3.63, 3.8) is 0 Å². The van der Waals surface area contributed by atoms with Crippen LogP contribution in [0.2, 0.25) is 18.1 Å². The zero-order chi connectivity index (χ0) is 34.6. The number of ether oxygens (including phenoxy) is 6. The normalized spacial score (nSPS) is 34.3. The smallest absolute Gasteiger partial charge is 0.196 e. The Morgan fingerprint density at radius 3 is 2.23 bits per heavy atom. The molecule has 3 saturated heterocycles. The summed E-state index contributed by atoms with van der Waals surface area (Å²) >= 11 is 0. The topological polar surface area (TPSA) is 113 Å². The third-order valence-corrected chi connectivity index (χ3v) is 15.8. The van der Waals surface area contributed by atoms with E-state index in [1.165, 1.54) is 0 Å². The van der Waals surface area contributed by atoms with Crippen molar-refractivity contribution in [1.29, 1.82) is 0 Å². The lowest BCUT2D eigenvalue weighted by molar-refractivity contribution is -0.372. The standard InChI is InChI=1S/C37H55N3O7Si/c1-10-28-31(24(4)30(39-40-38)36(43-28)47-48(8,9)37(6,7)23(2)3)45-34-25(5)32(41-21-26-17-13-11-14-18-26)33-29(44-34)22-42-35(46-33)27-19-15-12-16-20-27/h11-20,23-25,28-36H,10,21-22H2,1-9H3/t24-,25-,28?,29?,30?,31+,32+,33-,34+,35?,36+/m1/s1. The molecule has 10 nitrogen and oxygen atoms in total. The summed E-state index contributed by atoms with van der Waals surface area (Å²) < 4.78 is 46.5. The van der Waals surface area contributed by atoms with Gasteiger partial charge in [0.05, 0.1) is 37.6 Å². The maximum atomic E-state index is 9.64. The highest BCUT2D eigenvalue weighted by Gasteiger charge is 2.54. The molecule has 11 atom stereocenters. The zero-order valence-corrected chi connectivity index (χ0v) is 31.0. The maximum absolute atomic E-state index is 9.64. The van der Waals surface area contributed by atoms with Gasteiger partial charge in [-0.25, -0.2) is 0 Å². The molecule has 0 saturated carbocycles. The van der Waals surface area contributed by atoms with Crippen LogP contribution in [0, 0.1) is 17.8 Å². The van der Waals surface area contributed by atoms with Crippen LogP contribution < -0.4 is 0 Å². The maximum Gasteiger partial charge on any atom is 0.196 e. The lowest BCUT2D eigenvalue weighted by atomic mass is 9.87. The van der Waals surface area contributed by atoms with Crippen molar-refractivity contribution in [3.05, 3.63) is 82.2 Å². The second kappa shape index (κ2) is 15.7. The first-order chi connectivity index (χ1) is 22.9. The summed E-state index contributed by atoms with van der Waals surface area (Å²) in [6, 6.07) is 19.5. The summed E-state index contributed by atoms with van der Waals surface area (Å²) in [5, 5.41) is 4.20. The molecule has 48 heavy (non-hydrogen) atoms. The van der Waals surface area contributed by atoms with Crippen LogP contribution in [-0.4, -0.2) is 64.1 Å². The molecule has 3 fully saturated rings. The van der Waals surface area contributed by atoms with Crippen molar-refractivity contribution in [2.24, 2.45) is 22.9 Å². The molecular formula is C37H55N3O7Si. The van der Waals surface area contributed by atoms with Gasteiger partial charge < -0.3 is 32.8 Å². The van der Waals surface area contributed by atoms with Gasteiger partial charge in [-0.15, -0.1) is 0 Å². The van der Waals surface area contributed by atoms with Crippen LogP contribution in [0.4, 0.5) is 0 Å². The van der Waals surface area contributed by atoms with E-state index in [1.54, 1.807) is 0 Å². The van der Waals surface area contributed by atoms with Gasteiger partial charge in [0.25, 0.3) is 0 Å². The number of rotatable bonds is 12. The highest BCUT2D eigenvalue weighted by Crippen LogP contribution is 2.47. The highest BCUT2D eigenvalue weighted by atomic mass is 28.4. The summed E-state index contributed by atoms with van der Waals surface area (Å²) in [6.45, 7) is 20.4. The Bertz CT molecular complexity index is 1360. The van der Waals surface area contributed by atoms with Gasteiger partial charge in [0.15, 0.2) is 27.2 Å². The van der Waals surface area contributed by atoms with Gasteiger partial charge in [-0.1, -0.05) is 114 Å². The van der Waals surface area contributed by atoms with Gasteiger partial charge in [-0.05, 0) is 47.5 Å². The third-order valence-electron chi connectivity index (χ3n) is 11.3. The fraction of sp³-hybridized carbons (Fsp3) is 0.676. The average molecular weight is 682 g/mol. The number of fused-ring (bicyclic) bond motifs is 1. The first kappa shape index (κ1) is 37.0. The largest absolute Gasteiger partial charge is 0.392 e. The Morgan fingerprint density at radius 1 is 0.938 bits per heavy atom. The average Bonchev–Trinajstić information content (AvgIpc) is 3.07. The molecule has 5 rings (SSSR count). The fourth-order valence-electron chi connectivity index (χ4n) is 6.92. The number of hydrogen-bond donors (Lipinski definition) is 0. The molecule has 0 N–H and O–H groups in total. The second-order valence-electron chi connectivity index (χ2n) is 15.0. The SMILES string of the molecule is CCC1O[C@@H](O[Si](C)(C)C(C)(C)C(C)C)C(N=[N+]=[N-])[C@@H](C)[C@@H]1O[C@@H]1OC2COC(c3ccccc3)O[C@H]2[C@@H](OCc2ccccc2)[C@H]1C. The Labute approximate surface area is 287 Å². The Balaban J connectivity index is 1.37. The van der Waals surface area contributed by atoms with Crippen molar-refractivity contribution >= 4 is 8.32 Å². The Kier molecular flexibility index (Phi) is 12.1. The van der Waals surface area contributed by atoms with Crippen molar-refractivity contribution in [3.8, 4) is 0 Å². The van der Waals surface area contributed by atoms with E-state index in [2.05, 4.69) is 83.7 Å². The summed E-state index contributed by atoms with van der Waals surface area (Å²) in [5.41, 5.74) is 11.7. The summed E-state index contributed by atoms with van der Waals surface area (Å²) in [4.78, 5) is 3.23. The quantitative estimate of drug-likeness (QED) is 0.0955. The molecule has 264 valence electrons. The molecule has 4 unspecified atom stereocenters. The lowest BCUT2D eigenvalue weighted by Crippen LogP contribution is -2.63. The minimum atomic E-state index is -2.31. The van der Waals surface area contributed by atoms with Gasteiger partial charge in [-0.2, -0.15) is 0 Å². The molecule has 0 aromatic heterocycles. The number of azide groups is 1. The first-order valence-corrected chi connectivity index (χ1v) is 20.4. The molecule has 2 aromatic rings. The molecule has 0 bridgehead atoms. The van der Waals surface area contributed by atoms with Crippen molar-refractivity contribution in [2.45, 2.75) is 135 Å². The van der Waals surface area contributed by atoms with Crippen LogP contribution >= 0.6 is 0 Å². The predicted molar refractivity (Wildman–Crippen MR) is 186 cm³/mol. The Hall–Kier alpha value is -2.31. The van der Waals surface area contributed by atoms with E-state index < -0.39 is 45.4 Å². The molecule has 11 heteroatoms. The monoisotopic (exact) mass is 681 g/mol. The summed E-state index contributed by atoms with van der Waals surface area (Å²) in [5.74, 6) is 0.0204. The molecule has 3 aliphatic rings. The number of benzene rings is 2. The number of nitrogens with zero attached hydrogens (tertiary/aromatic N) is 3. The summed E-state index contributed by atoms with van der Waals surface area (Å²) in [6.07, 6.45) is -2.92. The van der Waals surface area contributed by atoms with Crippen molar-refractivity contribution in [1.82, 2.24) is 0 Å². The summed E-state index contributed by atoms with van der Waals surface area (Å²) in [7, 11) is -2.31. The molecule has 0 spiro atoms. The van der Waals surface area contributed by atoms with E-state index >= 15 is 0 Å². The lowest BCUT2D eigenvalue weighted by Gasteiger charge is -2.52. The molecule has 3 heterocycles. The van der Waals surface area contributed by atoms with E-state index in [-0.39, 0.29) is 35.2 Å². The van der Waals surface area contributed by atoms with E-state index in [0.717, 1.165) is 11.1 Å². The van der Waals surface area contributed by atoms with Gasteiger partial charge in [0.1, 0.15) is 12.2 Å². The molecule has 0 radical (unpaired) electrons. The second-order valence-corrected chi connectivity index (χ2v) is 19.5. The zero-order valence-electron chi connectivity index (χ0n) is 30.0. The van der Waals surface area contributed by atoms with E-state index in [4.69, 9.17) is 32.8 Å². The van der Waals surface area contributed by atoms with Crippen LogP contribution in [0.1, 0.15) is 72.3 Å². The van der Waals surface area contributed by atoms with E-state index in [0.29, 0.717) is 25.6 Å². The van der Waals surface area contributed by atoms with Gasteiger partial charge in [-0.3, -0.25) is 0 Å². The fourth-order valence-corrected chi connectivity index (χ4v) is 9.39. The molecule has 0 amide bonds. The molecule has 0 aliphatic carbocycles. The van der Waals surface area contributed by atoms with Crippen LogP contribution in [0.3, 0.4) is 0 Å². The van der Waals surface area contributed by atoms with E-state index in [9.17, 15) is 5.53 Å². The van der Waals surface area contributed by atoms with Gasteiger partial charge in [0, 0.05) is 16.4 Å². The highest BCUT2D eigenvalue weighted by molar-refractivity contribution is 6.74. The molecular weight excluding hydrogens is 627 g/mol.